The molecule has 1 aliphatic rings. The van der Waals surface area contributed by atoms with Gasteiger partial charge in [0.05, 0.1) is 12.3 Å². The second-order valence-electron chi connectivity index (χ2n) is 5.07. The van der Waals surface area contributed by atoms with Crippen LogP contribution in [0.2, 0.25) is 0 Å². The van der Waals surface area contributed by atoms with Crippen LogP contribution in [-0.2, 0) is 14.4 Å². The lowest BCUT2D eigenvalue weighted by Gasteiger charge is -2.34. The first-order valence-electron chi connectivity index (χ1n) is 7.05. The highest BCUT2D eigenvalue weighted by Gasteiger charge is 2.30. The standard InChI is InChI=1S/C14H24N2O3/c1-4-15(5-2)14(19)12-7-6-8-16(10-12)13(18)9-11(3)17/h12H,4-10H2,1-3H3. The van der Waals surface area contributed by atoms with Gasteiger partial charge in [-0.2, -0.15) is 0 Å². The number of rotatable bonds is 5. The Balaban J connectivity index is 2.61. The molecule has 0 aromatic rings. The fourth-order valence-electron chi connectivity index (χ4n) is 2.52. The Kier molecular flexibility index (Phi) is 5.99. The second kappa shape index (κ2) is 7.26. The fourth-order valence-corrected chi connectivity index (χ4v) is 2.52. The first-order chi connectivity index (χ1) is 8.99. The quantitative estimate of drug-likeness (QED) is 0.701. The van der Waals surface area contributed by atoms with Crippen molar-refractivity contribution in [3.63, 3.8) is 0 Å². The number of carbonyl (C=O) groups excluding carboxylic acids is 3. The van der Waals surface area contributed by atoms with E-state index in [0.29, 0.717) is 26.2 Å². The van der Waals surface area contributed by atoms with Crippen LogP contribution in [0.15, 0.2) is 0 Å². The van der Waals surface area contributed by atoms with E-state index in [1.165, 1.54) is 6.92 Å². The summed E-state index contributed by atoms with van der Waals surface area (Å²) in [6.45, 7) is 7.86. The first kappa shape index (κ1) is 15.7. The Labute approximate surface area is 114 Å². The van der Waals surface area contributed by atoms with Crippen LogP contribution < -0.4 is 0 Å². The van der Waals surface area contributed by atoms with Gasteiger partial charge in [0, 0.05) is 26.2 Å². The van der Waals surface area contributed by atoms with Crippen molar-refractivity contribution in [2.45, 2.75) is 40.0 Å². The summed E-state index contributed by atoms with van der Waals surface area (Å²) in [7, 11) is 0. The molecule has 0 aromatic heterocycles. The van der Waals surface area contributed by atoms with Crippen LogP contribution in [-0.4, -0.2) is 53.6 Å². The minimum absolute atomic E-state index is 0.0494. The number of ketones is 1. The molecule has 19 heavy (non-hydrogen) atoms. The molecule has 5 nitrogen and oxygen atoms in total. The van der Waals surface area contributed by atoms with E-state index < -0.39 is 0 Å². The third-order valence-corrected chi connectivity index (χ3v) is 3.60. The number of piperidine rings is 1. The molecule has 1 heterocycles. The van der Waals surface area contributed by atoms with Crippen molar-refractivity contribution in [2.75, 3.05) is 26.2 Å². The first-order valence-corrected chi connectivity index (χ1v) is 7.05. The third kappa shape index (κ3) is 4.33. The van der Waals surface area contributed by atoms with Crippen molar-refractivity contribution in [3.8, 4) is 0 Å². The van der Waals surface area contributed by atoms with E-state index in [4.69, 9.17) is 0 Å². The van der Waals surface area contributed by atoms with Gasteiger partial charge in [0.25, 0.3) is 0 Å². The zero-order valence-corrected chi connectivity index (χ0v) is 12.1. The Morgan fingerprint density at radius 3 is 2.37 bits per heavy atom. The lowest BCUT2D eigenvalue weighted by Crippen LogP contribution is -2.47. The van der Waals surface area contributed by atoms with E-state index in [1.807, 2.05) is 18.7 Å². The molecule has 1 atom stereocenters. The van der Waals surface area contributed by atoms with Gasteiger partial charge in [-0.1, -0.05) is 0 Å². The van der Waals surface area contributed by atoms with Crippen LogP contribution in [0.5, 0.6) is 0 Å². The number of hydrogen-bond donors (Lipinski definition) is 0. The molecule has 0 N–H and O–H groups in total. The van der Waals surface area contributed by atoms with Gasteiger partial charge in [-0.3, -0.25) is 14.4 Å². The summed E-state index contributed by atoms with van der Waals surface area (Å²) in [6.07, 6.45) is 1.62. The molecule has 0 spiro atoms. The van der Waals surface area contributed by atoms with Gasteiger partial charge in [-0.05, 0) is 33.6 Å². The molecule has 0 aromatic carbocycles. The molecule has 0 saturated carbocycles. The van der Waals surface area contributed by atoms with Gasteiger partial charge in [-0.15, -0.1) is 0 Å². The fraction of sp³-hybridized carbons (Fsp3) is 0.786. The molecule has 5 heteroatoms. The summed E-state index contributed by atoms with van der Waals surface area (Å²) in [5, 5.41) is 0. The maximum absolute atomic E-state index is 12.3. The van der Waals surface area contributed by atoms with Gasteiger partial charge < -0.3 is 9.80 Å². The number of likely N-dealkylation sites (tertiary alicyclic amines) is 1. The summed E-state index contributed by atoms with van der Waals surface area (Å²) < 4.78 is 0. The number of hydrogen-bond acceptors (Lipinski definition) is 3. The van der Waals surface area contributed by atoms with Crippen LogP contribution in [0.4, 0.5) is 0 Å². The summed E-state index contributed by atoms with van der Waals surface area (Å²) in [6, 6.07) is 0. The minimum Gasteiger partial charge on any atom is -0.343 e. The number of amides is 2. The van der Waals surface area contributed by atoms with Crippen LogP contribution in [0.1, 0.15) is 40.0 Å². The molecule has 0 bridgehead atoms. The monoisotopic (exact) mass is 268 g/mol. The lowest BCUT2D eigenvalue weighted by molar-refractivity contribution is -0.141. The summed E-state index contributed by atoms with van der Waals surface area (Å²) >= 11 is 0. The molecule has 0 aliphatic carbocycles. The van der Waals surface area contributed by atoms with Crippen molar-refractivity contribution in [1.82, 2.24) is 9.80 Å². The molecular formula is C14H24N2O3. The predicted octanol–water partition coefficient (Wildman–Crippen LogP) is 1.07. The zero-order chi connectivity index (χ0) is 14.4. The average Bonchev–Trinajstić information content (AvgIpc) is 2.39. The van der Waals surface area contributed by atoms with Crippen LogP contribution >= 0.6 is 0 Å². The second-order valence-corrected chi connectivity index (χ2v) is 5.07. The smallest absolute Gasteiger partial charge is 0.230 e. The highest BCUT2D eigenvalue weighted by atomic mass is 16.2. The van der Waals surface area contributed by atoms with E-state index in [2.05, 4.69) is 0 Å². The lowest BCUT2D eigenvalue weighted by atomic mass is 9.96. The number of Topliss-reactive ketones (excluding diaryl/α,β-unsaturated/α-hetero) is 1. The molecular weight excluding hydrogens is 244 g/mol. The molecule has 2 amide bonds. The topological polar surface area (TPSA) is 57.7 Å². The van der Waals surface area contributed by atoms with Crippen LogP contribution in [0.25, 0.3) is 0 Å². The van der Waals surface area contributed by atoms with Crippen molar-refractivity contribution >= 4 is 17.6 Å². The predicted molar refractivity (Wildman–Crippen MR) is 72.5 cm³/mol. The van der Waals surface area contributed by atoms with E-state index in [9.17, 15) is 14.4 Å². The van der Waals surface area contributed by atoms with Crippen LogP contribution in [0.3, 0.4) is 0 Å². The summed E-state index contributed by atoms with van der Waals surface area (Å²) in [4.78, 5) is 38.6. The average molecular weight is 268 g/mol. The molecule has 1 unspecified atom stereocenters. The Morgan fingerprint density at radius 2 is 1.84 bits per heavy atom. The van der Waals surface area contributed by atoms with Crippen LogP contribution in [0, 0.1) is 5.92 Å². The van der Waals surface area contributed by atoms with Gasteiger partial charge in [0.15, 0.2) is 0 Å². The summed E-state index contributed by atoms with van der Waals surface area (Å²) in [5.41, 5.74) is 0. The van der Waals surface area contributed by atoms with Crippen molar-refractivity contribution in [2.24, 2.45) is 5.92 Å². The van der Waals surface area contributed by atoms with Crippen molar-refractivity contribution in [1.29, 1.82) is 0 Å². The Bertz CT molecular complexity index is 351. The van der Waals surface area contributed by atoms with E-state index in [-0.39, 0.29) is 29.9 Å². The highest BCUT2D eigenvalue weighted by Crippen LogP contribution is 2.19. The highest BCUT2D eigenvalue weighted by molar-refractivity contribution is 5.97. The molecule has 1 fully saturated rings. The van der Waals surface area contributed by atoms with E-state index >= 15 is 0 Å². The Morgan fingerprint density at radius 1 is 1.21 bits per heavy atom. The zero-order valence-electron chi connectivity index (χ0n) is 12.1. The molecule has 1 aliphatic heterocycles. The normalized spacial score (nSPS) is 19.1. The van der Waals surface area contributed by atoms with Gasteiger partial charge >= 0.3 is 0 Å². The minimum atomic E-state index is -0.149. The van der Waals surface area contributed by atoms with Crippen molar-refractivity contribution < 1.29 is 14.4 Å². The molecule has 1 saturated heterocycles. The SMILES string of the molecule is CCN(CC)C(=O)C1CCCN(C(=O)CC(C)=O)C1. The summed E-state index contributed by atoms with van der Waals surface area (Å²) in [5.74, 6) is -0.248. The van der Waals surface area contributed by atoms with E-state index in [1.54, 1.807) is 4.90 Å². The van der Waals surface area contributed by atoms with E-state index in [0.717, 1.165) is 12.8 Å². The number of carbonyl (C=O) groups is 3. The van der Waals surface area contributed by atoms with Crippen molar-refractivity contribution in [3.05, 3.63) is 0 Å². The maximum Gasteiger partial charge on any atom is 0.230 e. The number of nitrogens with zero attached hydrogens (tertiary/aromatic N) is 2. The van der Waals surface area contributed by atoms with Gasteiger partial charge in [0.1, 0.15) is 5.78 Å². The molecule has 0 radical (unpaired) electrons. The molecule has 108 valence electrons. The van der Waals surface area contributed by atoms with Gasteiger partial charge in [0.2, 0.25) is 11.8 Å². The maximum atomic E-state index is 12.3. The Hall–Kier alpha value is -1.39. The largest absolute Gasteiger partial charge is 0.343 e. The molecule has 1 rings (SSSR count). The third-order valence-electron chi connectivity index (χ3n) is 3.60. The van der Waals surface area contributed by atoms with Gasteiger partial charge in [-0.25, -0.2) is 0 Å².